The van der Waals surface area contributed by atoms with Crippen molar-refractivity contribution in [1.82, 2.24) is 0 Å². The number of carbonyl (C=O) groups excluding carboxylic acids is 1. The van der Waals surface area contributed by atoms with Gasteiger partial charge in [-0.25, -0.2) is 0 Å². The maximum Gasteiger partial charge on any atom is 0.488 e. The molecule has 1 amide bonds. The predicted octanol–water partition coefficient (Wildman–Crippen LogP) is 8.33. The number of ether oxygens (including phenoxy) is 4. The summed E-state index contributed by atoms with van der Waals surface area (Å²) in [5.41, 5.74) is -6.32. The molecule has 8 nitrogen and oxygen atoms in total. The van der Waals surface area contributed by atoms with Gasteiger partial charge in [-0.2, -0.15) is 127 Å². The molecule has 4 atom stereocenters. The highest BCUT2D eigenvalue weighted by Gasteiger charge is 2.90. The number of hydrogen-bond acceptors (Lipinski definition) is 7. The Morgan fingerprint density at radius 2 is 0.800 bits per heavy atom. The monoisotopic (exact) mass is 961 g/mol. The molecule has 0 fully saturated rings. The van der Waals surface area contributed by atoms with E-state index < -0.39 is 120 Å². The summed E-state index contributed by atoms with van der Waals surface area (Å²) in [6, 6.07) is -1.30. The lowest BCUT2D eigenvalue weighted by molar-refractivity contribution is -0.593. The zero-order valence-electron chi connectivity index (χ0n) is 26.7. The number of nitrogens with one attached hydrogen (secondary N) is 1. The molecule has 38 heteroatoms. The number of hydrogen-bond donors (Lipinski definition) is 3. The molecule has 0 spiro atoms. The van der Waals surface area contributed by atoms with Gasteiger partial charge in [0.05, 0.1) is 0 Å². The predicted molar refractivity (Wildman–Crippen MR) is 124 cm³/mol. The van der Waals surface area contributed by atoms with Crippen LogP contribution in [0.5, 0.6) is 0 Å². The number of carbonyl (C=O) groups is 1. The van der Waals surface area contributed by atoms with Crippen molar-refractivity contribution in [2.75, 3.05) is 5.32 Å². The molecule has 0 radical (unpaired) electrons. The molecule has 0 bridgehead atoms. The van der Waals surface area contributed by atoms with Crippen LogP contribution in [0.2, 0.25) is 0 Å². The number of rotatable bonds is 15. The van der Waals surface area contributed by atoms with Crippen molar-refractivity contribution in [2.24, 2.45) is 0 Å². The highest BCUT2D eigenvalue weighted by atomic mass is 19.4. The van der Waals surface area contributed by atoms with Gasteiger partial charge in [0.25, 0.3) is 0 Å². The Bertz CT molecular complexity index is 1710. The van der Waals surface area contributed by atoms with E-state index in [1.807, 2.05) is 4.74 Å². The first-order valence-corrected chi connectivity index (χ1v) is 13.4. The lowest BCUT2D eigenvalue weighted by Crippen LogP contribution is -2.72. The zero-order chi connectivity index (χ0) is 48.5. The summed E-state index contributed by atoms with van der Waals surface area (Å²) >= 11 is 0. The van der Waals surface area contributed by atoms with Gasteiger partial charge in [0.15, 0.2) is 0 Å². The van der Waals surface area contributed by atoms with E-state index in [0.29, 0.717) is 0 Å². The van der Waals surface area contributed by atoms with Crippen LogP contribution in [0.15, 0.2) is 18.2 Å². The van der Waals surface area contributed by atoms with Crippen LogP contribution < -0.4 is 10.8 Å². The van der Waals surface area contributed by atoms with Crippen LogP contribution in [0.3, 0.4) is 0 Å². The third kappa shape index (κ3) is 9.44. The van der Waals surface area contributed by atoms with Crippen LogP contribution in [0.4, 0.5) is 133 Å². The lowest BCUT2D eigenvalue weighted by atomic mass is 9.79. The first kappa shape index (κ1) is 54.5. The second-order valence-electron chi connectivity index (χ2n) is 10.8. The molecule has 0 saturated heterocycles. The first-order chi connectivity index (χ1) is 25.8. The molecule has 0 aliphatic rings. The third-order valence-corrected chi connectivity index (χ3v) is 6.38. The largest absolute Gasteiger partial charge is 0.488 e. The van der Waals surface area contributed by atoms with E-state index in [0.717, 1.165) is 19.5 Å². The van der Waals surface area contributed by atoms with E-state index >= 15 is 8.78 Å². The molecular weight excluding hydrogens is 952 g/mol. The number of halogens is 29. The maximum absolute atomic E-state index is 15.5. The molecule has 1 rings (SSSR count). The van der Waals surface area contributed by atoms with Crippen LogP contribution >= 0.6 is 0 Å². The molecule has 0 aromatic heterocycles. The number of anilines is 1. The molecule has 1 aromatic carbocycles. The van der Waals surface area contributed by atoms with E-state index in [1.54, 1.807) is 0 Å². The van der Waals surface area contributed by atoms with Crippen molar-refractivity contribution in [3.8, 4) is 0 Å². The maximum atomic E-state index is 15.5. The number of benzene rings is 1. The van der Waals surface area contributed by atoms with Crippen LogP contribution in [0.1, 0.15) is 12.5 Å². The molecule has 0 heterocycles. The van der Waals surface area contributed by atoms with Gasteiger partial charge < -0.3 is 15.4 Å². The lowest BCUT2D eigenvalue weighted by Gasteiger charge is -2.44. The molecule has 1 aromatic rings. The van der Waals surface area contributed by atoms with E-state index in [1.165, 1.54) is 0 Å². The van der Waals surface area contributed by atoms with E-state index in [4.69, 9.17) is 10.0 Å². The SMILES string of the molecule is CC(=O)Nc1cc(B(O)O)ccc1C(F)(OC(F)(F)C(F)(OC(F)(F)C(F)(OC(F)(F)C(F)(OC(F)(F)C(F)(F)C(F)(F)F)C(F)(F)F)C(F)(F)F)C(F)(F)F)C(F)(F)F. The quantitative estimate of drug-likeness (QED) is 0.120. The fourth-order valence-corrected chi connectivity index (χ4v) is 3.54. The minimum absolute atomic E-state index is 0.216. The van der Waals surface area contributed by atoms with Crippen LogP contribution in [-0.4, -0.2) is 102 Å². The van der Waals surface area contributed by atoms with Gasteiger partial charge in [-0.1, -0.05) is 12.1 Å². The Labute approximate surface area is 307 Å². The Kier molecular flexibility index (Phi) is 14.0. The fourth-order valence-electron chi connectivity index (χ4n) is 3.54. The molecule has 4 unspecified atom stereocenters. The average Bonchev–Trinajstić information content (AvgIpc) is 2.96. The first-order valence-electron chi connectivity index (χ1n) is 13.4. The minimum atomic E-state index is -9.29. The summed E-state index contributed by atoms with van der Waals surface area (Å²) in [6.07, 6.45) is -77.7. The van der Waals surface area contributed by atoms with Crippen molar-refractivity contribution in [1.29, 1.82) is 0 Å². The third-order valence-electron chi connectivity index (χ3n) is 6.38. The Balaban J connectivity index is 4.21. The summed E-state index contributed by atoms with van der Waals surface area (Å²) in [6.45, 7) is 0.216. The van der Waals surface area contributed by atoms with Crippen molar-refractivity contribution in [3.63, 3.8) is 0 Å². The summed E-state index contributed by atoms with van der Waals surface area (Å²) < 4.78 is 403. The van der Waals surface area contributed by atoms with Crippen LogP contribution in [0, 0.1) is 0 Å². The normalized spacial score (nSPS) is 18.9. The van der Waals surface area contributed by atoms with Gasteiger partial charge in [-0.3, -0.25) is 23.7 Å². The fraction of sp³-hybridized carbons (Fsp3) is 0.682. The minimum Gasteiger partial charge on any atom is -0.423 e. The Morgan fingerprint density at radius 1 is 0.483 bits per heavy atom. The summed E-state index contributed by atoms with van der Waals surface area (Å²) in [5, 5.41) is 19.2. The van der Waals surface area contributed by atoms with Crippen molar-refractivity contribution < 1.29 is 161 Å². The highest BCUT2D eigenvalue weighted by Crippen LogP contribution is 2.62. The standard InChI is InChI=1S/C22H9BF29NO7/c1-5(54)53-8-4-6(23(55)56)2-3-7(8)9(24,14(30,31)32)57-20(47,48)11(27,16(36,37)38)59-22(51,52)13(29,18(42,43)44)60-21(49,50)12(28,17(39,40)41)58-19(45,46)10(25,26)15(33,34)35/h2-4,55-56H,1H3,(H,53,54). The van der Waals surface area contributed by atoms with E-state index in [2.05, 4.69) is 0 Å². The van der Waals surface area contributed by atoms with Gasteiger partial charge in [0.2, 0.25) is 5.91 Å². The van der Waals surface area contributed by atoms with E-state index in [-0.39, 0.29) is 19.1 Å². The summed E-state index contributed by atoms with van der Waals surface area (Å²) in [7, 11) is -2.93. The smallest absolute Gasteiger partial charge is 0.423 e. The average molecular weight is 961 g/mol. The molecule has 0 aliphatic carbocycles. The molecule has 350 valence electrons. The summed E-state index contributed by atoms with van der Waals surface area (Å²) in [5.74, 6) is -44.6. The van der Waals surface area contributed by atoms with Gasteiger partial charge in [-0.15, -0.1) is 0 Å². The number of amides is 1. The Morgan fingerprint density at radius 3 is 1.07 bits per heavy atom. The second kappa shape index (κ2) is 15.4. The van der Waals surface area contributed by atoms with Gasteiger partial charge >= 0.3 is 91.8 Å². The van der Waals surface area contributed by atoms with Gasteiger partial charge in [-0.05, 0) is 11.5 Å². The molecular formula is C22H9BF29NO7. The van der Waals surface area contributed by atoms with Crippen LogP contribution in [-0.2, 0) is 29.6 Å². The molecule has 0 saturated carbocycles. The molecule has 3 N–H and O–H groups in total. The highest BCUT2D eigenvalue weighted by molar-refractivity contribution is 6.58. The van der Waals surface area contributed by atoms with Gasteiger partial charge in [0.1, 0.15) is 0 Å². The molecule has 0 aliphatic heterocycles. The number of alkyl halides is 29. The topological polar surface area (TPSA) is 106 Å². The van der Waals surface area contributed by atoms with Gasteiger partial charge in [0, 0.05) is 18.2 Å². The second-order valence-corrected chi connectivity index (χ2v) is 10.8. The zero-order valence-corrected chi connectivity index (χ0v) is 26.7. The van der Waals surface area contributed by atoms with Crippen molar-refractivity contribution >= 4 is 24.2 Å². The van der Waals surface area contributed by atoms with Crippen LogP contribution in [0.25, 0.3) is 0 Å². The van der Waals surface area contributed by atoms with Crippen molar-refractivity contribution in [2.45, 2.75) is 91.6 Å². The molecule has 60 heavy (non-hydrogen) atoms. The summed E-state index contributed by atoms with van der Waals surface area (Å²) in [4.78, 5) is 11.4. The van der Waals surface area contributed by atoms with E-state index in [9.17, 15) is 123 Å². The Hall–Kier alpha value is -3.52. The van der Waals surface area contributed by atoms with Crippen molar-refractivity contribution in [3.05, 3.63) is 23.8 Å².